The van der Waals surface area contributed by atoms with Crippen molar-refractivity contribution < 1.29 is 31.5 Å². The van der Waals surface area contributed by atoms with Crippen molar-refractivity contribution in [3.05, 3.63) is 59.7 Å². The number of hydrogen-bond acceptors (Lipinski definition) is 3. The Morgan fingerprint density at radius 1 is 1.03 bits per heavy atom. The number of nitrogens with one attached hydrogen (secondary N) is 2. The van der Waals surface area contributed by atoms with E-state index in [1.807, 2.05) is 0 Å². The molecule has 1 atom stereocenters. The molecule has 1 unspecified atom stereocenters. The number of nitrogens with zero attached hydrogens (tertiary/aromatic N) is 1. The van der Waals surface area contributed by atoms with Crippen LogP contribution in [0.5, 0.6) is 0 Å². The summed E-state index contributed by atoms with van der Waals surface area (Å²) in [5, 5.41) is 4.51. The number of benzene rings is 2. The molecule has 0 bridgehead atoms. The third-order valence-corrected chi connectivity index (χ3v) is 4.38. The zero-order chi connectivity index (χ0) is 22.5. The molecule has 0 radical (unpaired) electrons. The van der Waals surface area contributed by atoms with Gasteiger partial charge in [0.1, 0.15) is 11.6 Å². The van der Waals surface area contributed by atoms with Gasteiger partial charge in [-0.25, -0.2) is 8.78 Å². The van der Waals surface area contributed by atoms with Crippen LogP contribution in [-0.4, -0.2) is 35.8 Å². The Kier molecular flexibility index (Phi) is 7.49. The highest BCUT2D eigenvalue weighted by molar-refractivity contribution is 5.96. The van der Waals surface area contributed by atoms with Gasteiger partial charge in [-0.3, -0.25) is 14.5 Å². The first-order chi connectivity index (χ1) is 14.0. The van der Waals surface area contributed by atoms with Crippen LogP contribution >= 0.6 is 0 Å². The second-order valence-corrected chi connectivity index (χ2v) is 6.44. The molecule has 2 aromatic carbocycles. The van der Waals surface area contributed by atoms with Crippen molar-refractivity contribution in [2.45, 2.75) is 26.1 Å². The van der Waals surface area contributed by atoms with E-state index in [4.69, 9.17) is 0 Å². The minimum Gasteiger partial charge on any atom is -0.324 e. The number of rotatable bonds is 7. The minimum absolute atomic E-state index is 0.217. The molecule has 2 N–H and O–H groups in total. The molecule has 0 heterocycles. The van der Waals surface area contributed by atoms with Crippen molar-refractivity contribution in [1.29, 1.82) is 0 Å². The van der Waals surface area contributed by atoms with Gasteiger partial charge in [0.2, 0.25) is 11.8 Å². The predicted molar refractivity (Wildman–Crippen MR) is 102 cm³/mol. The van der Waals surface area contributed by atoms with Crippen LogP contribution < -0.4 is 10.6 Å². The number of para-hydroxylation sites is 1. The van der Waals surface area contributed by atoms with E-state index in [9.17, 15) is 31.5 Å². The van der Waals surface area contributed by atoms with Crippen LogP contribution in [0.1, 0.15) is 19.4 Å². The number of halogens is 5. The molecule has 0 saturated carbocycles. The smallest absolute Gasteiger partial charge is 0.324 e. The molecule has 2 aromatic rings. The number of hydrogen-bond donors (Lipinski definition) is 2. The van der Waals surface area contributed by atoms with Crippen LogP contribution in [0.2, 0.25) is 0 Å². The van der Waals surface area contributed by atoms with Crippen molar-refractivity contribution >= 4 is 23.2 Å². The van der Waals surface area contributed by atoms with Gasteiger partial charge in [0.15, 0.2) is 0 Å². The number of anilines is 2. The zero-order valence-corrected chi connectivity index (χ0v) is 16.2. The fourth-order valence-electron chi connectivity index (χ4n) is 2.73. The molecule has 0 aromatic heterocycles. The third-order valence-electron chi connectivity index (χ3n) is 4.38. The number of amides is 2. The number of alkyl halides is 3. The maximum Gasteiger partial charge on any atom is 0.418 e. The number of carbonyl (C=O) groups excluding carboxylic acids is 2. The quantitative estimate of drug-likeness (QED) is 0.647. The third kappa shape index (κ3) is 5.99. The van der Waals surface area contributed by atoms with Gasteiger partial charge in [-0.15, -0.1) is 0 Å². The van der Waals surface area contributed by atoms with Crippen molar-refractivity contribution in [2.75, 3.05) is 23.7 Å². The Bertz CT molecular complexity index is 918. The van der Waals surface area contributed by atoms with E-state index >= 15 is 0 Å². The summed E-state index contributed by atoms with van der Waals surface area (Å²) in [6.45, 7) is 2.95. The Labute approximate surface area is 169 Å². The number of likely N-dealkylation sites (N-methyl/N-ethyl adjacent to an activating group) is 1. The number of carbonyl (C=O) groups is 2. The van der Waals surface area contributed by atoms with Crippen LogP contribution in [0.15, 0.2) is 42.5 Å². The largest absolute Gasteiger partial charge is 0.418 e. The summed E-state index contributed by atoms with van der Waals surface area (Å²) < 4.78 is 65.9. The summed E-state index contributed by atoms with van der Waals surface area (Å²) in [6, 6.07) is 6.28. The van der Waals surface area contributed by atoms with Crippen LogP contribution in [0.3, 0.4) is 0 Å². The van der Waals surface area contributed by atoms with E-state index in [0.29, 0.717) is 6.07 Å². The van der Waals surface area contributed by atoms with E-state index in [1.54, 1.807) is 6.92 Å². The summed E-state index contributed by atoms with van der Waals surface area (Å²) in [4.78, 5) is 26.1. The van der Waals surface area contributed by atoms with E-state index in [2.05, 4.69) is 10.6 Å². The van der Waals surface area contributed by atoms with Crippen LogP contribution in [0.25, 0.3) is 0 Å². The van der Waals surface area contributed by atoms with Gasteiger partial charge >= 0.3 is 6.18 Å². The summed E-state index contributed by atoms with van der Waals surface area (Å²) >= 11 is 0. The molecule has 0 spiro atoms. The summed E-state index contributed by atoms with van der Waals surface area (Å²) in [6.07, 6.45) is -4.64. The summed E-state index contributed by atoms with van der Waals surface area (Å²) in [5.74, 6) is -3.17. The van der Waals surface area contributed by atoms with Gasteiger partial charge in [0.25, 0.3) is 0 Å². The Morgan fingerprint density at radius 3 is 2.30 bits per heavy atom. The Hall–Kier alpha value is -3.01. The molecule has 0 saturated heterocycles. The highest BCUT2D eigenvalue weighted by Crippen LogP contribution is 2.34. The average Bonchev–Trinajstić information content (AvgIpc) is 2.67. The highest BCUT2D eigenvalue weighted by atomic mass is 19.4. The van der Waals surface area contributed by atoms with Gasteiger partial charge in [0.05, 0.1) is 29.5 Å². The molecule has 162 valence electrons. The fourth-order valence-corrected chi connectivity index (χ4v) is 2.73. The maximum atomic E-state index is 13.7. The molecule has 2 rings (SSSR count). The average molecular weight is 429 g/mol. The molecule has 0 aliphatic heterocycles. The lowest BCUT2D eigenvalue weighted by Crippen LogP contribution is -2.45. The van der Waals surface area contributed by atoms with E-state index in [-0.39, 0.29) is 18.8 Å². The molecule has 0 aliphatic rings. The highest BCUT2D eigenvalue weighted by Gasteiger charge is 2.33. The van der Waals surface area contributed by atoms with Crippen LogP contribution in [-0.2, 0) is 15.8 Å². The van der Waals surface area contributed by atoms with Gasteiger partial charge in [-0.05, 0) is 37.7 Å². The van der Waals surface area contributed by atoms with Gasteiger partial charge < -0.3 is 10.6 Å². The van der Waals surface area contributed by atoms with Crippen LogP contribution in [0, 0.1) is 11.6 Å². The standard InChI is InChI=1S/C20H20F5N3O2/c1-3-28(12(2)19(30)27-17-9-8-13(21)10-15(17)22)11-18(29)26-16-7-5-4-6-14(16)20(23,24)25/h4-10,12H,3,11H2,1-2H3,(H,26,29)(H,27,30). The Morgan fingerprint density at radius 2 is 1.70 bits per heavy atom. The topological polar surface area (TPSA) is 61.4 Å². The SMILES string of the molecule is CCN(CC(=O)Nc1ccccc1C(F)(F)F)C(C)C(=O)Nc1ccc(F)cc1F. The molecule has 10 heteroatoms. The van der Waals surface area contributed by atoms with Crippen molar-refractivity contribution in [2.24, 2.45) is 0 Å². The first-order valence-corrected chi connectivity index (χ1v) is 8.99. The molecule has 0 fully saturated rings. The molecule has 2 amide bonds. The van der Waals surface area contributed by atoms with E-state index in [1.165, 1.54) is 24.0 Å². The summed E-state index contributed by atoms with van der Waals surface area (Å²) in [7, 11) is 0. The van der Waals surface area contributed by atoms with Gasteiger partial charge in [-0.1, -0.05) is 19.1 Å². The first-order valence-electron chi connectivity index (χ1n) is 8.99. The van der Waals surface area contributed by atoms with E-state index in [0.717, 1.165) is 24.3 Å². The maximum absolute atomic E-state index is 13.7. The lowest BCUT2D eigenvalue weighted by molar-refractivity contribution is -0.137. The zero-order valence-electron chi connectivity index (χ0n) is 16.2. The van der Waals surface area contributed by atoms with Gasteiger partial charge in [-0.2, -0.15) is 13.2 Å². The van der Waals surface area contributed by atoms with Crippen LogP contribution in [0.4, 0.5) is 33.3 Å². The van der Waals surface area contributed by atoms with Crippen molar-refractivity contribution in [1.82, 2.24) is 4.90 Å². The van der Waals surface area contributed by atoms with Gasteiger partial charge in [0, 0.05) is 6.07 Å². The first kappa shape index (κ1) is 23.3. The fraction of sp³-hybridized carbons (Fsp3) is 0.300. The molecule has 5 nitrogen and oxygen atoms in total. The van der Waals surface area contributed by atoms with E-state index < -0.39 is 46.9 Å². The second kappa shape index (κ2) is 9.66. The lowest BCUT2D eigenvalue weighted by Gasteiger charge is -2.26. The molecular formula is C20H20F5N3O2. The molecule has 0 aliphatic carbocycles. The monoisotopic (exact) mass is 429 g/mol. The second-order valence-electron chi connectivity index (χ2n) is 6.44. The van der Waals surface area contributed by atoms with Crippen molar-refractivity contribution in [3.8, 4) is 0 Å². The van der Waals surface area contributed by atoms with Crippen molar-refractivity contribution in [3.63, 3.8) is 0 Å². The summed E-state index contributed by atoms with van der Waals surface area (Å²) in [5.41, 5.74) is -1.61. The normalized spacial score (nSPS) is 12.5. The Balaban J connectivity index is 2.05. The lowest BCUT2D eigenvalue weighted by atomic mass is 10.1. The predicted octanol–water partition coefficient (Wildman–Crippen LogP) is 4.27. The molecular weight excluding hydrogens is 409 g/mol. The molecule has 30 heavy (non-hydrogen) atoms. The minimum atomic E-state index is -4.64.